The molecule has 2 heterocycles. The first-order valence-corrected chi connectivity index (χ1v) is 15.0. The van der Waals surface area contributed by atoms with Gasteiger partial charge in [-0.25, -0.2) is 23.2 Å². The van der Waals surface area contributed by atoms with E-state index in [1.54, 1.807) is 42.1 Å². The summed E-state index contributed by atoms with van der Waals surface area (Å²) in [4.78, 5) is 16.8. The molecule has 0 spiro atoms. The van der Waals surface area contributed by atoms with Crippen molar-refractivity contribution in [1.82, 2.24) is 14.8 Å². The van der Waals surface area contributed by atoms with E-state index in [1.165, 1.54) is 29.5 Å². The van der Waals surface area contributed by atoms with E-state index < -0.39 is 28.6 Å². The summed E-state index contributed by atoms with van der Waals surface area (Å²) in [6.07, 6.45) is 3.16. The van der Waals surface area contributed by atoms with Gasteiger partial charge in [0.1, 0.15) is 5.82 Å². The SMILES string of the molecule is CC#Cc1cc(-c2nn(-c3nc(C(=O)OCC)cs3)c(CC3CC3)c2Cc2ccc([SH+](N)=O)c(F)c2)ccc1F.[OH-]. The zero-order chi connectivity index (χ0) is 28.4. The Labute approximate surface area is 242 Å². The monoisotopic (exact) mass is 598 g/mol. The lowest BCUT2D eigenvalue weighted by atomic mass is 9.96. The fourth-order valence-electron chi connectivity index (χ4n) is 4.47. The second kappa shape index (κ2) is 12.8. The third-order valence-corrected chi connectivity index (χ3v) is 8.21. The van der Waals surface area contributed by atoms with Crippen LogP contribution in [-0.2, 0) is 32.8 Å². The normalized spacial score (nSPS) is 13.2. The van der Waals surface area contributed by atoms with E-state index >= 15 is 0 Å². The average Bonchev–Trinajstić information content (AvgIpc) is 3.48. The summed E-state index contributed by atoms with van der Waals surface area (Å²) >= 11 is 1.26. The number of thiol groups is 1. The number of esters is 1. The maximum atomic E-state index is 14.7. The summed E-state index contributed by atoms with van der Waals surface area (Å²) in [6.45, 7) is 3.60. The van der Waals surface area contributed by atoms with E-state index in [-0.39, 0.29) is 28.2 Å². The summed E-state index contributed by atoms with van der Waals surface area (Å²) in [5.41, 5.74) is 4.00. The molecule has 4 aromatic rings. The average molecular weight is 599 g/mol. The molecule has 214 valence electrons. The fraction of sp³-hybridized carbons (Fsp3) is 0.276. The van der Waals surface area contributed by atoms with Crippen molar-refractivity contribution in [1.29, 1.82) is 0 Å². The van der Waals surface area contributed by atoms with E-state index in [0.717, 1.165) is 24.1 Å². The van der Waals surface area contributed by atoms with Crippen LogP contribution in [0.5, 0.6) is 0 Å². The maximum Gasteiger partial charge on any atom is 0.357 e. The fourth-order valence-corrected chi connectivity index (χ4v) is 5.74. The highest BCUT2D eigenvalue weighted by atomic mass is 32.2. The van der Waals surface area contributed by atoms with Gasteiger partial charge in [0, 0.05) is 22.9 Å². The highest BCUT2D eigenvalue weighted by Gasteiger charge is 2.30. The molecule has 3 N–H and O–H groups in total. The highest BCUT2D eigenvalue weighted by molar-refractivity contribution is 7.82. The van der Waals surface area contributed by atoms with Crippen molar-refractivity contribution < 1.29 is 28.0 Å². The van der Waals surface area contributed by atoms with Gasteiger partial charge < -0.3 is 10.2 Å². The van der Waals surface area contributed by atoms with Gasteiger partial charge in [0.2, 0.25) is 10.0 Å². The smallest absolute Gasteiger partial charge is 0.357 e. The molecule has 1 atom stereocenters. The molecule has 0 aliphatic heterocycles. The molecule has 1 fully saturated rings. The van der Waals surface area contributed by atoms with Crippen molar-refractivity contribution in [3.63, 3.8) is 0 Å². The number of nitrogens with zero attached hydrogens (tertiary/aromatic N) is 3. The number of hydrogen-bond acceptors (Lipinski definition) is 7. The third kappa shape index (κ3) is 6.60. The van der Waals surface area contributed by atoms with Crippen LogP contribution in [0.2, 0.25) is 0 Å². The molecule has 1 unspecified atom stereocenters. The molecule has 0 bridgehead atoms. The van der Waals surface area contributed by atoms with Crippen molar-refractivity contribution in [3.05, 3.63) is 81.5 Å². The lowest BCUT2D eigenvalue weighted by Gasteiger charge is -2.09. The highest BCUT2D eigenvalue weighted by Crippen LogP contribution is 2.38. The van der Waals surface area contributed by atoms with E-state index in [1.807, 2.05) is 0 Å². The van der Waals surface area contributed by atoms with Crippen LogP contribution in [0.3, 0.4) is 0 Å². The Kier molecular flexibility index (Phi) is 9.45. The largest absolute Gasteiger partial charge is 0.870 e. The number of carbonyl (C=O) groups is 1. The van der Waals surface area contributed by atoms with Gasteiger partial charge in [-0.1, -0.05) is 16.2 Å². The Balaban J connectivity index is 0.00000387. The van der Waals surface area contributed by atoms with Gasteiger partial charge in [0.25, 0.3) is 0 Å². The zero-order valence-corrected chi connectivity index (χ0v) is 24.1. The first-order chi connectivity index (χ1) is 19.3. The lowest BCUT2D eigenvalue weighted by Crippen LogP contribution is -2.08. The summed E-state index contributed by atoms with van der Waals surface area (Å²) in [5.74, 6) is 4.39. The van der Waals surface area contributed by atoms with Crippen molar-refractivity contribution in [3.8, 4) is 28.2 Å². The number of hydrogen-bond donors (Lipinski definition) is 1. The van der Waals surface area contributed by atoms with Crippen LogP contribution in [0.15, 0.2) is 46.7 Å². The molecule has 1 saturated carbocycles. The topological polar surface area (TPSA) is 130 Å². The molecule has 1 aliphatic rings. The number of thiazole rings is 1. The van der Waals surface area contributed by atoms with Gasteiger partial charge in [0.05, 0.1) is 23.6 Å². The second-order valence-electron chi connectivity index (χ2n) is 9.43. The molecule has 0 saturated heterocycles. The Morgan fingerprint density at radius 3 is 2.66 bits per heavy atom. The van der Waals surface area contributed by atoms with Gasteiger partial charge in [-0.15, -0.1) is 22.4 Å². The van der Waals surface area contributed by atoms with E-state index in [2.05, 4.69) is 16.8 Å². The number of ether oxygens (including phenoxy) is 1. The van der Waals surface area contributed by atoms with Gasteiger partial charge in [-0.05, 0) is 74.9 Å². The zero-order valence-electron chi connectivity index (χ0n) is 22.4. The van der Waals surface area contributed by atoms with Gasteiger partial charge in [-0.3, -0.25) is 0 Å². The quantitative estimate of drug-likeness (QED) is 0.123. The van der Waals surface area contributed by atoms with Crippen molar-refractivity contribution in [2.75, 3.05) is 6.61 Å². The first-order valence-electron chi connectivity index (χ1n) is 12.8. The Morgan fingerprint density at radius 1 is 1.22 bits per heavy atom. The molecule has 12 heteroatoms. The number of benzene rings is 2. The standard InChI is InChI=1S/C29H26F2N4O3S2.H2O/c1-3-5-19-15-20(9-10-22(19)30)27-21(12-18-8-11-26(40(32)37)23(31)13-18)25(14-17-6-7-17)35(34-27)29-33-24(16-39-29)28(36)38-4-2;/h8-11,13,15-17H,4,6-7,12,14H2,1-2H3,(H2,32,37);1H2. The number of rotatable bonds is 9. The van der Waals surface area contributed by atoms with Gasteiger partial charge >= 0.3 is 5.97 Å². The Morgan fingerprint density at radius 2 is 2.00 bits per heavy atom. The summed E-state index contributed by atoms with van der Waals surface area (Å²) < 4.78 is 47.8. The van der Waals surface area contributed by atoms with Crippen molar-refractivity contribution in [2.45, 2.75) is 44.4 Å². The number of aromatic nitrogens is 3. The predicted molar refractivity (Wildman–Crippen MR) is 153 cm³/mol. The minimum Gasteiger partial charge on any atom is -0.870 e. The minimum atomic E-state index is -2.32. The van der Waals surface area contributed by atoms with Gasteiger partial charge in [0.15, 0.2) is 22.5 Å². The molecule has 2 aromatic heterocycles. The molecular weight excluding hydrogens is 570 g/mol. The number of nitrogens with two attached hydrogens (primary N) is 1. The lowest BCUT2D eigenvalue weighted by molar-refractivity contribution is 0.0520. The van der Waals surface area contributed by atoms with Crippen molar-refractivity contribution >= 4 is 28.3 Å². The maximum absolute atomic E-state index is 14.7. The van der Waals surface area contributed by atoms with E-state index in [9.17, 15) is 17.8 Å². The van der Waals surface area contributed by atoms with Crippen LogP contribution in [0.1, 0.15) is 59.6 Å². The molecule has 8 nitrogen and oxygen atoms in total. The van der Waals surface area contributed by atoms with Crippen molar-refractivity contribution in [2.24, 2.45) is 11.1 Å². The summed E-state index contributed by atoms with van der Waals surface area (Å²) in [6, 6.07) is 9.11. The van der Waals surface area contributed by atoms with Crippen LogP contribution in [0, 0.1) is 29.4 Å². The van der Waals surface area contributed by atoms with Crippen LogP contribution in [-0.4, -0.2) is 32.8 Å². The predicted octanol–water partition coefficient (Wildman–Crippen LogP) is 5.12. The molecule has 1 aliphatic carbocycles. The molecule has 0 radical (unpaired) electrons. The third-order valence-electron chi connectivity index (χ3n) is 6.56. The molecular formula is C29H28F2N4O4S2. The molecule has 41 heavy (non-hydrogen) atoms. The van der Waals surface area contributed by atoms with Crippen LogP contribution in [0.4, 0.5) is 8.78 Å². The Bertz CT molecular complexity index is 1690. The van der Waals surface area contributed by atoms with E-state index in [0.29, 0.717) is 40.7 Å². The van der Waals surface area contributed by atoms with Crippen LogP contribution < -0.4 is 5.14 Å². The molecule has 2 aromatic carbocycles. The Hall–Kier alpha value is -3.76. The second-order valence-corrected chi connectivity index (χ2v) is 11.4. The van der Waals surface area contributed by atoms with Gasteiger partial charge in [-0.2, -0.15) is 5.10 Å². The summed E-state index contributed by atoms with van der Waals surface area (Å²) in [7, 11) is -2.32. The molecule has 5 rings (SSSR count). The minimum absolute atomic E-state index is 0. The van der Waals surface area contributed by atoms with E-state index in [4.69, 9.17) is 15.0 Å². The number of carbonyl (C=O) groups excluding carboxylic acids is 1. The number of halogens is 2. The molecule has 0 amide bonds. The van der Waals surface area contributed by atoms with Crippen LogP contribution in [0.25, 0.3) is 16.4 Å². The van der Waals surface area contributed by atoms with Crippen LogP contribution >= 0.6 is 11.3 Å². The summed E-state index contributed by atoms with van der Waals surface area (Å²) in [5, 5.41) is 12.5. The first kappa shape index (κ1) is 30.2.